The van der Waals surface area contributed by atoms with E-state index in [-0.39, 0.29) is 5.91 Å². The van der Waals surface area contributed by atoms with Crippen LogP contribution < -0.4 is 5.32 Å². The quantitative estimate of drug-likeness (QED) is 0.622. The largest absolute Gasteiger partial charge is 0.347 e. The van der Waals surface area contributed by atoms with E-state index in [0.717, 1.165) is 21.8 Å². The van der Waals surface area contributed by atoms with Crippen molar-refractivity contribution in [1.29, 1.82) is 0 Å². The van der Waals surface area contributed by atoms with E-state index in [2.05, 4.69) is 15.3 Å². The molecule has 5 nitrogen and oxygen atoms in total. The van der Waals surface area contributed by atoms with Crippen LogP contribution in [-0.2, 0) is 6.54 Å². The zero-order valence-electron chi connectivity index (χ0n) is 12.7. The molecule has 0 aliphatic rings. The maximum atomic E-state index is 12.5. The van der Waals surface area contributed by atoms with Crippen LogP contribution in [0.3, 0.4) is 0 Å². The summed E-state index contributed by atoms with van der Waals surface area (Å²) in [5, 5.41) is 4.75. The van der Waals surface area contributed by atoms with Gasteiger partial charge in [-0.2, -0.15) is 0 Å². The minimum absolute atomic E-state index is 0.123. The first-order valence-corrected chi connectivity index (χ1v) is 8.38. The molecule has 0 atom stereocenters. The lowest BCUT2D eigenvalue weighted by Crippen LogP contribution is -2.23. The van der Waals surface area contributed by atoms with E-state index in [0.29, 0.717) is 12.2 Å². The van der Waals surface area contributed by atoms with Crippen LogP contribution in [0.25, 0.3) is 16.2 Å². The van der Waals surface area contributed by atoms with Crippen LogP contribution in [-0.4, -0.2) is 20.3 Å². The molecule has 0 saturated carbocycles. The van der Waals surface area contributed by atoms with Crippen LogP contribution in [0.15, 0.2) is 66.4 Å². The van der Waals surface area contributed by atoms with E-state index in [1.165, 1.54) is 11.3 Å². The Morgan fingerprint density at radius 1 is 1.17 bits per heavy atom. The Morgan fingerprint density at radius 2 is 2.04 bits per heavy atom. The van der Waals surface area contributed by atoms with Crippen LogP contribution in [0.4, 0.5) is 0 Å². The number of hydrogen-bond donors (Lipinski definition) is 1. The van der Waals surface area contributed by atoms with E-state index in [9.17, 15) is 4.79 Å². The minimum atomic E-state index is -0.123. The summed E-state index contributed by atoms with van der Waals surface area (Å²) >= 11 is 1.46. The number of aromatic nitrogens is 3. The monoisotopic (exact) mass is 334 g/mol. The Bertz CT molecular complexity index is 976. The molecule has 0 spiro atoms. The van der Waals surface area contributed by atoms with Crippen LogP contribution in [0.2, 0.25) is 0 Å². The van der Waals surface area contributed by atoms with Gasteiger partial charge in [-0.15, -0.1) is 11.3 Å². The summed E-state index contributed by atoms with van der Waals surface area (Å²) in [6.45, 7) is 0.449. The van der Waals surface area contributed by atoms with Crippen molar-refractivity contribution in [3.8, 4) is 11.3 Å². The summed E-state index contributed by atoms with van der Waals surface area (Å²) in [5.41, 5.74) is 3.46. The number of imidazole rings is 1. The van der Waals surface area contributed by atoms with Crippen molar-refractivity contribution in [3.05, 3.63) is 77.7 Å². The number of benzene rings is 1. The normalized spacial score (nSPS) is 10.8. The maximum Gasteiger partial charge on any atom is 0.269 e. The highest BCUT2D eigenvalue weighted by Gasteiger charge is 2.15. The van der Waals surface area contributed by atoms with Crippen LogP contribution in [0.5, 0.6) is 0 Å². The molecule has 118 valence electrons. The molecule has 0 fully saturated rings. The van der Waals surface area contributed by atoms with Crippen molar-refractivity contribution < 1.29 is 4.79 Å². The van der Waals surface area contributed by atoms with Gasteiger partial charge in [0, 0.05) is 36.1 Å². The number of fused-ring (bicyclic) bond motifs is 1. The highest BCUT2D eigenvalue weighted by Crippen LogP contribution is 2.23. The molecule has 3 aromatic heterocycles. The summed E-state index contributed by atoms with van der Waals surface area (Å²) < 4.78 is 1.84. The zero-order chi connectivity index (χ0) is 16.4. The Kier molecular flexibility index (Phi) is 3.80. The van der Waals surface area contributed by atoms with Gasteiger partial charge >= 0.3 is 0 Å². The molecule has 0 aliphatic heterocycles. The van der Waals surface area contributed by atoms with E-state index in [1.807, 2.05) is 58.4 Å². The number of amides is 1. The van der Waals surface area contributed by atoms with E-state index in [1.54, 1.807) is 12.4 Å². The Morgan fingerprint density at radius 3 is 2.83 bits per heavy atom. The van der Waals surface area contributed by atoms with E-state index in [4.69, 9.17) is 0 Å². The SMILES string of the molecule is O=C(NCc1cccnc1)c1csc2nc(-c3ccccc3)cn12. The number of rotatable bonds is 4. The molecule has 6 heteroatoms. The predicted octanol–water partition coefficient (Wildman–Crippen LogP) is 3.39. The average molecular weight is 334 g/mol. The lowest BCUT2D eigenvalue weighted by molar-refractivity contribution is 0.0945. The van der Waals surface area contributed by atoms with Gasteiger partial charge in [-0.05, 0) is 11.6 Å². The first-order valence-electron chi connectivity index (χ1n) is 7.50. The van der Waals surface area contributed by atoms with E-state index < -0.39 is 0 Å². The van der Waals surface area contributed by atoms with Crippen molar-refractivity contribution >= 4 is 22.2 Å². The number of nitrogens with one attached hydrogen (secondary N) is 1. The van der Waals surface area contributed by atoms with Crippen molar-refractivity contribution in [2.45, 2.75) is 6.54 Å². The van der Waals surface area contributed by atoms with Crippen molar-refractivity contribution in [3.63, 3.8) is 0 Å². The number of hydrogen-bond acceptors (Lipinski definition) is 4. The third-order valence-electron chi connectivity index (χ3n) is 3.69. The summed E-state index contributed by atoms with van der Waals surface area (Å²) in [4.78, 5) is 21.9. The Hall–Kier alpha value is -2.99. The fraction of sp³-hybridized carbons (Fsp3) is 0.0556. The molecule has 0 radical (unpaired) electrons. The number of carbonyl (C=O) groups is 1. The number of pyridine rings is 1. The van der Waals surface area contributed by atoms with Crippen LogP contribution in [0.1, 0.15) is 16.1 Å². The molecule has 3 heterocycles. The summed E-state index contributed by atoms with van der Waals surface area (Å²) in [5.74, 6) is -0.123. The average Bonchev–Trinajstić information content (AvgIpc) is 3.22. The van der Waals surface area contributed by atoms with E-state index >= 15 is 0 Å². The maximum absolute atomic E-state index is 12.5. The van der Waals surface area contributed by atoms with Gasteiger partial charge in [0.1, 0.15) is 5.69 Å². The molecule has 24 heavy (non-hydrogen) atoms. The van der Waals surface area contributed by atoms with Crippen molar-refractivity contribution in [2.75, 3.05) is 0 Å². The van der Waals surface area contributed by atoms with Gasteiger partial charge in [-0.1, -0.05) is 36.4 Å². The highest BCUT2D eigenvalue weighted by molar-refractivity contribution is 7.15. The third-order valence-corrected chi connectivity index (χ3v) is 4.53. The number of thiazole rings is 1. The van der Waals surface area contributed by atoms with Gasteiger partial charge in [0.15, 0.2) is 4.96 Å². The molecular formula is C18H14N4OS. The number of nitrogens with zero attached hydrogens (tertiary/aromatic N) is 3. The second-order valence-electron chi connectivity index (χ2n) is 5.31. The fourth-order valence-corrected chi connectivity index (χ4v) is 3.32. The zero-order valence-corrected chi connectivity index (χ0v) is 13.5. The lowest BCUT2D eigenvalue weighted by atomic mass is 10.2. The molecule has 4 rings (SSSR count). The fourth-order valence-electron chi connectivity index (χ4n) is 2.47. The molecule has 0 unspecified atom stereocenters. The van der Waals surface area contributed by atoms with Crippen molar-refractivity contribution in [2.24, 2.45) is 0 Å². The Labute approximate surface area is 142 Å². The molecular weight excluding hydrogens is 320 g/mol. The van der Waals surface area contributed by atoms with Gasteiger partial charge < -0.3 is 5.32 Å². The molecule has 1 aromatic carbocycles. The lowest BCUT2D eigenvalue weighted by Gasteiger charge is -2.04. The highest BCUT2D eigenvalue weighted by atomic mass is 32.1. The Balaban J connectivity index is 1.58. The third kappa shape index (κ3) is 2.79. The van der Waals surface area contributed by atoms with Crippen LogP contribution >= 0.6 is 11.3 Å². The summed E-state index contributed by atoms with van der Waals surface area (Å²) in [6.07, 6.45) is 5.36. The van der Waals surface area contributed by atoms with Crippen LogP contribution in [0, 0.1) is 0 Å². The van der Waals surface area contributed by atoms with Gasteiger partial charge in [0.25, 0.3) is 5.91 Å². The molecule has 1 N–H and O–H groups in total. The van der Waals surface area contributed by atoms with Gasteiger partial charge in [0.05, 0.1) is 5.69 Å². The first kappa shape index (κ1) is 14.6. The van der Waals surface area contributed by atoms with Gasteiger partial charge in [-0.25, -0.2) is 4.98 Å². The van der Waals surface area contributed by atoms with Gasteiger partial charge in [0.2, 0.25) is 0 Å². The second kappa shape index (κ2) is 6.25. The van der Waals surface area contributed by atoms with Gasteiger partial charge in [-0.3, -0.25) is 14.2 Å². The molecule has 0 saturated heterocycles. The summed E-state index contributed by atoms with van der Waals surface area (Å²) in [6, 6.07) is 13.7. The standard InChI is InChI=1S/C18H14N4OS/c23-17(20-10-13-5-4-8-19-9-13)16-12-24-18-21-15(11-22(16)18)14-6-2-1-3-7-14/h1-9,11-12H,10H2,(H,20,23). The molecule has 0 aliphatic carbocycles. The number of carbonyl (C=O) groups excluding carboxylic acids is 1. The van der Waals surface area contributed by atoms with Crippen molar-refractivity contribution in [1.82, 2.24) is 19.7 Å². The smallest absolute Gasteiger partial charge is 0.269 e. The molecule has 0 bridgehead atoms. The summed E-state index contributed by atoms with van der Waals surface area (Å²) in [7, 11) is 0. The first-order chi connectivity index (χ1) is 11.8. The molecule has 1 amide bonds. The predicted molar refractivity (Wildman–Crippen MR) is 93.9 cm³/mol. The topological polar surface area (TPSA) is 59.3 Å². The minimum Gasteiger partial charge on any atom is -0.347 e. The molecule has 4 aromatic rings. The second-order valence-corrected chi connectivity index (χ2v) is 6.15.